The van der Waals surface area contributed by atoms with Crippen molar-refractivity contribution in [1.82, 2.24) is 9.97 Å². The maximum absolute atomic E-state index is 12.9. The smallest absolute Gasteiger partial charge is 0.368 e. The maximum Gasteiger partial charge on any atom is 0.417 e. The average Bonchev–Trinajstić information content (AvgIpc) is 2.71. The Labute approximate surface area is 170 Å². The van der Waals surface area contributed by atoms with E-state index in [9.17, 15) is 13.2 Å². The molecule has 2 aromatic carbocycles. The van der Waals surface area contributed by atoms with Gasteiger partial charge in [-0.25, -0.2) is 9.97 Å². The van der Waals surface area contributed by atoms with Crippen LogP contribution in [0.25, 0.3) is 11.3 Å². The van der Waals surface area contributed by atoms with Gasteiger partial charge in [-0.3, -0.25) is 0 Å². The summed E-state index contributed by atoms with van der Waals surface area (Å²) in [4.78, 5) is 8.19. The number of benzene rings is 2. The fraction of sp³-hybridized carbons (Fsp3) is 0.150. The van der Waals surface area contributed by atoms with E-state index in [1.165, 1.54) is 18.5 Å². The molecule has 1 unspecified atom stereocenters. The summed E-state index contributed by atoms with van der Waals surface area (Å²) in [5, 5.41) is 11.6. The standard InChI is InChI=1S/C20H15ClF3N5/c21-16-7-14(4-5-15(16)20(22,23)24)18-8-19(29-11-28-18)27-10-17(26)13-3-1-2-12(6-13)9-25/h1-8,11,17H,10,26H2,(H,27,28,29). The Balaban J connectivity index is 1.74. The van der Waals surface area contributed by atoms with Crippen LogP contribution in [0.2, 0.25) is 5.02 Å². The molecular weight excluding hydrogens is 403 g/mol. The first-order valence-electron chi connectivity index (χ1n) is 8.46. The molecule has 148 valence electrons. The van der Waals surface area contributed by atoms with Crippen molar-refractivity contribution in [2.75, 3.05) is 11.9 Å². The van der Waals surface area contributed by atoms with Crippen molar-refractivity contribution in [2.45, 2.75) is 12.2 Å². The highest BCUT2D eigenvalue weighted by Crippen LogP contribution is 2.36. The van der Waals surface area contributed by atoms with Crippen LogP contribution in [0, 0.1) is 11.3 Å². The second-order valence-electron chi connectivity index (χ2n) is 6.21. The minimum atomic E-state index is -4.52. The predicted octanol–water partition coefficient (Wildman–Crippen LogP) is 4.80. The predicted molar refractivity (Wildman–Crippen MR) is 104 cm³/mol. The van der Waals surface area contributed by atoms with Crippen molar-refractivity contribution < 1.29 is 13.2 Å². The van der Waals surface area contributed by atoms with Gasteiger partial charge in [0.2, 0.25) is 0 Å². The molecule has 0 aliphatic carbocycles. The van der Waals surface area contributed by atoms with Gasteiger partial charge in [-0.2, -0.15) is 18.4 Å². The fourth-order valence-electron chi connectivity index (χ4n) is 2.69. The van der Waals surface area contributed by atoms with E-state index in [1.54, 1.807) is 24.3 Å². The van der Waals surface area contributed by atoms with Crippen molar-refractivity contribution >= 4 is 17.4 Å². The molecule has 5 nitrogen and oxygen atoms in total. The van der Waals surface area contributed by atoms with Crippen LogP contribution in [0.15, 0.2) is 54.9 Å². The molecule has 3 N–H and O–H groups in total. The Kier molecular flexibility index (Phi) is 6.01. The number of nitrogens with one attached hydrogen (secondary N) is 1. The number of nitrogens with zero attached hydrogens (tertiary/aromatic N) is 3. The molecule has 1 heterocycles. The lowest BCUT2D eigenvalue weighted by Gasteiger charge is -2.14. The minimum Gasteiger partial charge on any atom is -0.368 e. The lowest BCUT2D eigenvalue weighted by molar-refractivity contribution is -0.137. The monoisotopic (exact) mass is 417 g/mol. The Morgan fingerprint density at radius 2 is 1.93 bits per heavy atom. The number of aromatic nitrogens is 2. The molecule has 1 aromatic heterocycles. The third-order valence-corrected chi connectivity index (χ3v) is 4.50. The van der Waals surface area contributed by atoms with Crippen LogP contribution in [-0.2, 0) is 6.18 Å². The molecule has 9 heteroatoms. The molecule has 0 saturated heterocycles. The number of nitrogens with two attached hydrogens (primary N) is 1. The third-order valence-electron chi connectivity index (χ3n) is 4.18. The molecule has 0 amide bonds. The zero-order valence-corrected chi connectivity index (χ0v) is 15.7. The third kappa shape index (κ3) is 5.02. The summed E-state index contributed by atoms with van der Waals surface area (Å²) in [7, 11) is 0. The van der Waals surface area contributed by atoms with Crippen LogP contribution >= 0.6 is 11.6 Å². The van der Waals surface area contributed by atoms with Gasteiger partial charge in [0.25, 0.3) is 0 Å². The van der Waals surface area contributed by atoms with Crippen LogP contribution in [0.3, 0.4) is 0 Å². The summed E-state index contributed by atoms with van der Waals surface area (Å²) >= 11 is 5.78. The first-order valence-corrected chi connectivity index (χ1v) is 8.84. The van der Waals surface area contributed by atoms with Crippen LogP contribution in [0.1, 0.15) is 22.7 Å². The quantitative estimate of drug-likeness (QED) is 0.622. The second-order valence-corrected chi connectivity index (χ2v) is 6.61. The van der Waals surface area contributed by atoms with Gasteiger partial charge in [-0.05, 0) is 29.8 Å². The van der Waals surface area contributed by atoms with E-state index in [-0.39, 0.29) is 6.04 Å². The second kappa shape index (κ2) is 8.47. The van der Waals surface area contributed by atoms with E-state index in [2.05, 4.69) is 21.4 Å². The zero-order valence-electron chi connectivity index (χ0n) is 14.9. The van der Waals surface area contributed by atoms with Gasteiger partial charge in [0, 0.05) is 24.2 Å². The number of alkyl halides is 3. The van der Waals surface area contributed by atoms with Crippen molar-refractivity contribution in [3.63, 3.8) is 0 Å². The summed E-state index contributed by atoms with van der Waals surface area (Å²) in [6.07, 6.45) is -3.22. The molecule has 3 aromatic rings. The number of rotatable bonds is 5. The number of halogens is 4. The lowest BCUT2D eigenvalue weighted by Crippen LogP contribution is -2.21. The number of hydrogen-bond acceptors (Lipinski definition) is 5. The van der Waals surface area contributed by atoms with Crippen molar-refractivity contribution in [3.05, 3.63) is 76.6 Å². The highest BCUT2D eigenvalue weighted by atomic mass is 35.5. The molecule has 0 aliphatic heterocycles. The van der Waals surface area contributed by atoms with E-state index in [1.807, 2.05) is 6.07 Å². The van der Waals surface area contributed by atoms with E-state index in [0.717, 1.165) is 11.6 Å². The molecule has 0 spiro atoms. The SMILES string of the molecule is N#Cc1cccc(C(N)CNc2cc(-c3ccc(C(F)(F)F)c(Cl)c3)ncn2)c1. The zero-order chi connectivity index (χ0) is 21.0. The Morgan fingerprint density at radius 3 is 2.62 bits per heavy atom. The van der Waals surface area contributed by atoms with Crippen LogP contribution in [0.4, 0.5) is 19.0 Å². The maximum atomic E-state index is 12.9. The molecule has 0 fully saturated rings. The van der Waals surface area contributed by atoms with E-state index >= 15 is 0 Å². The first-order chi connectivity index (χ1) is 13.8. The van der Waals surface area contributed by atoms with E-state index in [4.69, 9.17) is 22.6 Å². The van der Waals surface area contributed by atoms with Gasteiger partial charge in [0.05, 0.1) is 27.9 Å². The molecule has 3 rings (SSSR count). The summed E-state index contributed by atoms with van der Waals surface area (Å²) < 4.78 is 38.6. The van der Waals surface area contributed by atoms with Crippen LogP contribution in [0.5, 0.6) is 0 Å². The van der Waals surface area contributed by atoms with E-state index in [0.29, 0.717) is 29.2 Å². The van der Waals surface area contributed by atoms with Gasteiger partial charge in [0.15, 0.2) is 0 Å². The largest absolute Gasteiger partial charge is 0.417 e. The van der Waals surface area contributed by atoms with E-state index < -0.39 is 16.8 Å². The molecule has 29 heavy (non-hydrogen) atoms. The Morgan fingerprint density at radius 1 is 1.14 bits per heavy atom. The highest BCUT2D eigenvalue weighted by Gasteiger charge is 2.33. The van der Waals surface area contributed by atoms with Crippen LogP contribution in [-0.4, -0.2) is 16.5 Å². The fourth-order valence-corrected chi connectivity index (χ4v) is 2.98. The van der Waals surface area contributed by atoms with Gasteiger partial charge < -0.3 is 11.1 Å². The normalized spacial score (nSPS) is 12.3. The van der Waals surface area contributed by atoms with Gasteiger partial charge in [0.1, 0.15) is 12.1 Å². The molecule has 0 aliphatic rings. The summed E-state index contributed by atoms with van der Waals surface area (Å²) in [5.41, 5.74) is 7.40. The van der Waals surface area contributed by atoms with Crippen molar-refractivity contribution in [1.29, 1.82) is 5.26 Å². The Bertz CT molecular complexity index is 1060. The number of nitriles is 1. The average molecular weight is 418 g/mol. The van der Waals surface area contributed by atoms with Crippen molar-refractivity contribution in [2.24, 2.45) is 5.73 Å². The van der Waals surface area contributed by atoms with Gasteiger partial charge >= 0.3 is 6.18 Å². The lowest BCUT2D eigenvalue weighted by atomic mass is 10.1. The van der Waals surface area contributed by atoms with Gasteiger partial charge in [-0.15, -0.1) is 0 Å². The van der Waals surface area contributed by atoms with Crippen molar-refractivity contribution in [3.8, 4) is 17.3 Å². The number of anilines is 1. The molecule has 0 radical (unpaired) electrons. The molecular formula is C20H15ClF3N5. The first kappa shape index (κ1) is 20.6. The number of hydrogen-bond donors (Lipinski definition) is 2. The topological polar surface area (TPSA) is 87.6 Å². The summed E-state index contributed by atoms with van der Waals surface area (Å²) in [6.45, 7) is 0.332. The Hall–Kier alpha value is -3.15. The minimum absolute atomic E-state index is 0.332. The highest BCUT2D eigenvalue weighted by molar-refractivity contribution is 6.31. The molecule has 0 saturated carbocycles. The summed E-state index contributed by atoms with van der Waals surface area (Å²) in [6, 6.07) is 13.7. The van der Waals surface area contributed by atoms with Gasteiger partial charge in [-0.1, -0.05) is 29.8 Å². The van der Waals surface area contributed by atoms with Crippen LogP contribution < -0.4 is 11.1 Å². The molecule has 1 atom stereocenters. The summed E-state index contributed by atoms with van der Waals surface area (Å²) in [5.74, 6) is 0.456. The molecule has 0 bridgehead atoms.